The van der Waals surface area contributed by atoms with Crippen LogP contribution < -0.4 is 0 Å². The molecule has 0 saturated carbocycles. The van der Waals surface area contributed by atoms with Crippen LogP contribution in [0.2, 0.25) is 0 Å². The van der Waals surface area contributed by atoms with Crippen LogP contribution in [0.3, 0.4) is 0 Å². The highest BCUT2D eigenvalue weighted by Crippen LogP contribution is 2.21. The molecule has 0 amide bonds. The monoisotopic (exact) mass is 234 g/mol. The molecule has 2 nitrogen and oxygen atoms in total. The maximum absolute atomic E-state index is 4.21. The van der Waals surface area contributed by atoms with Crippen LogP contribution >= 0.6 is 35.9 Å². The fourth-order valence-corrected chi connectivity index (χ4v) is 3.06. The van der Waals surface area contributed by atoms with E-state index in [1.807, 2.05) is 0 Å². The molecule has 0 aromatic carbocycles. The Morgan fingerprint density at radius 3 is 3.08 bits per heavy atom. The Balaban J connectivity index is 2.07. The minimum atomic E-state index is 0.776. The van der Waals surface area contributed by atoms with Crippen molar-refractivity contribution in [3.05, 3.63) is 6.33 Å². The quantitative estimate of drug-likeness (QED) is 0.605. The van der Waals surface area contributed by atoms with Crippen molar-refractivity contribution in [2.24, 2.45) is 5.92 Å². The summed E-state index contributed by atoms with van der Waals surface area (Å²) in [4.78, 5) is 4.11. The van der Waals surface area contributed by atoms with Gasteiger partial charge in [0, 0.05) is 5.75 Å². The Kier molecular flexibility index (Phi) is 5.82. The van der Waals surface area contributed by atoms with Crippen LogP contribution in [-0.4, -0.2) is 20.9 Å². The molecular formula is C8H14N2S3. The fourth-order valence-electron chi connectivity index (χ4n) is 0.939. The lowest BCUT2D eigenvalue weighted by molar-refractivity contribution is 0.554. The lowest BCUT2D eigenvalue weighted by Crippen LogP contribution is -1.96. The standard InChI is InChI=1S/C8H14N2S3/c1-7(2-4-11)3-5-12-8-9-6-10-13-8/h6-7,11H,2-5H2,1H3. The van der Waals surface area contributed by atoms with Gasteiger partial charge in [0.1, 0.15) is 6.33 Å². The van der Waals surface area contributed by atoms with E-state index in [2.05, 4.69) is 28.9 Å². The third-order valence-electron chi connectivity index (χ3n) is 1.80. The van der Waals surface area contributed by atoms with Crippen molar-refractivity contribution in [1.29, 1.82) is 0 Å². The zero-order chi connectivity index (χ0) is 9.52. The van der Waals surface area contributed by atoms with Gasteiger partial charge in [-0.1, -0.05) is 18.7 Å². The smallest absolute Gasteiger partial charge is 0.169 e. The topological polar surface area (TPSA) is 25.8 Å². The van der Waals surface area contributed by atoms with Crippen molar-refractivity contribution in [1.82, 2.24) is 9.36 Å². The largest absolute Gasteiger partial charge is 0.216 e. The average molecular weight is 234 g/mol. The first-order valence-corrected chi connectivity index (χ1v) is 6.72. The van der Waals surface area contributed by atoms with E-state index in [-0.39, 0.29) is 0 Å². The highest BCUT2D eigenvalue weighted by molar-refractivity contribution is 8.00. The van der Waals surface area contributed by atoms with Gasteiger partial charge in [-0.3, -0.25) is 0 Å². The van der Waals surface area contributed by atoms with Gasteiger partial charge in [-0.2, -0.15) is 17.0 Å². The highest BCUT2D eigenvalue weighted by atomic mass is 32.2. The summed E-state index contributed by atoms with van der Waals surface area (Å²) in [5.41, 5.74) is 0. The predicted octanol–water partition coefficient (Wildman–Crippen LogP) is 2.98. The Bertz CT molecular complexity index is 213. The molecule has 0 spiro atoms. The third-order valence-corrected chi connectivity index (χ3v) is 3.89. The molecule has 1 aromatic rings. The van der Waals surface area contributed by atoms with Crippen LogP contribution in [0, 0.1) is 5.92 Å². The van der Waals surface area contributed by atoms with Gasteiger partial charge < -0.3 is 0 Å². The molecule has 0 fully saturated rings. The second-order valence-electron chi connectivity index (χ2n) is 2.96. The number of thiol groups is 1. The molecule has 74 valence electrons. The first kappa shape index (κ1) is 11.3. The second-order valence-corrected chi connectivity index (χ2v) is 5.53. The molecule has 13 heavy (non-hydrogen) atoms. The van der Waals surface area contributed by atoms with Crippen molar-refractivity contribution < 1.29 is 0 Å². The van der Waals surface area contributed by atoms with E-state index >= 15 is 0 Å². The molecule has 0 bridgehead atoms. The first-order valence-electron chi connectivity index (χ1n) is 4.33. The number of aromatic nitrogens is 2. The molecule has 0 radical (unpaired) electrons. The van der Waals surface area contributed by atoms with Gasteiger partial charge in [0.15, 0.2) is 4.34 Å². The number of thioether (sulfide) groups is 1. The van der Waals surface area contributed by atoms with Crippen LogP contribution in [0.25, 0.3) is 0 Å². The van der Waals surface area contributed by atoms with Crippen LogP contribution in [0.4, 0.5) is 0 Å². The molecule has 0 N–H and O–H groups in total. The third kappa shape index (κ3) is 4.88. The summed E-state index contributed by atoms with van der Waals surface area (Å²) in [6.45, 7) is 2.27. The summed E-state index contributed by atoms with van der Waals surface area (Å²) in [6, 6.07) is 0. The molecule has 0 aliphatic carbocycles. The van der Waals surface area contributed by atoms with Gasteiger partial charge >= 0.3 is 0 Å². The summed E-state index contributed by atoms with van der Waals surface area (Å²) in [5, 5.41) is 0. The van der Waals surface area contributed by atoms with Crippen molar-refractivity contribution in [2.75, 3.05) is 11.5 Å². The van der Waals surface area contributed by atoms with Crippen molar-refractivity contribution >= 4 is 35.9 Å². The van der Waals surface area contributed by atoms with Crippen molar-refractivity contribution in [3.8, 4) is 0 Å². The Morgan fingerprint density at radius 2 is 2.46 bits per heavy atom. The molecule has 1 heterocycles. The maximum Gasteiger partial charge on any atom is 0.169 e. The zero-order valence-electron chi connectivity index (χ0n) is 7.64. The van der Waals surface area contributed by atoms with E-state index < -0.39 is 0 Å². The SMILES string of the molecule is CC(CCS)CCSc1ncns1. The van der Waals surface area contributed by atoms with E-state index in [1.54, 1.807) is 18.1 Å². The molecular weight excluding hydrogens is 220 g/mol. The van der Waals surface area contributed by atoms with Crippen LogP contribution in [0.1, 0.15) is 19.8 Å². The molecule has 1 unspecified atom stereocenters. The fraction of sp³-hybridized carbons (Fsp3) is 0.750. The van der Waals surface area contributed by atoms with Gasteiger partial charge in [0.25, 0.3) is 0 Å². The first-order chi connectivity index (χ1) is 6.33. The lowest BCUT2D eigenvalue weighted by atomic mass is 10.1. The predicted molar refractivity (Wildman–Crippen MR) is 62.9 cm³/mol. The maximum atomic E-state index is 4.21. The molecule has 1 aromatic heterocycles. The number of hydrogen-bond donors (Lipinski definition) is 1. The van der Waals surface area contributed by atoms with Gasteiger partial charge in [-0.05, 0) is 36.0 Å². The average Bonchev–Trinajstić information content (AvgIpc) is 2.57. The summed E-state index contributed by atoms with van der Waals surface area (Å²) < 4.78 is 5.04. The zero-order valence-corrected chi connectivity index (χ0v) is 10.2. The molecule has 1 atom stereocenters. The van der Waals surface area contributed by atoms with Crippen molar-refractivity contribution in [3.63, 3.8) is 0 Å². The number of rotatable bonds is 6. The van der Waals surface area contributed by atoms with E-state index in [0.29, 0.717) is 0 Å². The summed E-state index contributed by atoms with van der Waals surface area (Å²) in [5.74, 6) is 2.91. The molecule has 0 aliphatic rings. The van der Waals surface area contributed by atoms with E-state index in [0.717, 1.165) is 21.8 Å². The van der Waals surface area contributed by atoms with E-state index in [4.69, 9.17) is 0 Å². The highest BCUT2D eigenvalue weighted by Gasteiger charge is 2.02. The van der Waals surface area contributed by atoms with Gasteiger partial charge in [-0.25, -0.2) is 4.98 Å². The summed E-state index contributed by atoms with van der Waals surface area (Å²) >= 11 is 7.49. The van der Waals surface area contributed by atoms with Gasteiger partial charge in [0.2, 0.25) is 0 Å². The molecule has 0 aliphatic heterocycles. The van der Waals surface area contributed by atoms with Crippen LogP contribution in [0.15, 0.2) is 10.7 Å². The van der Waals surface area contributed by atoms with E-state index in [9.17, 15) is 0 Å². The second kappa shape index (κ2) is 6.68. The van der Waals surface area contributed by atoms with Crippen LogP contribution in [-0.2, 0) is 0 Å². The Hall–Kier alpha value is 0.260. The molecule has 0 saturated heterocycles. The van der Waals surface area contributed by atoms with Gasteiger partial charge in [-0.15, -0.1) is 0 Å². The molecule has 1 rings (SSSR count). The Labute approximate surface area is 93.1 Å². The minimum Gasteiger partial charge on any atom is -0.216 e. The van der Waals surface area contributed by atoms with E-state index in [1.165, 1.54) is 24.4 Å². The molecule has 5 heteroatoms. The summed E-state index contributed by atoms with van der Waals surface area (Å²) in [6.07, 6.45) is 4.06. The normalized spacial score (nSPS) is 13.1. The van der Waals surface area contributed by atoms with Crippen LogP contribution in [0.5, 0.6) is 0 Å². The number of nitrogens with zero attached hydrogens (tertiary/aromatic N) is 2. The number of hydrogen-bond acceptors (Lipinski definition) is 5. The minimum absolute atomic E-state index is 0.776. The summed E-state index contributed by atoms with van der Waals surface area (Å²) in [7, 11) is 0. The Morgan fingerprint density at radius 1 is 1.62 bits per heavy atom. The van der Waals surface area contributed by atoms with Crippen molar-refractivity contribution in [2.45, 2.75) is 24.1 Å². The lowest BCUT2D eigenvalue weighted by Gasteiger charge is -2.07. The van der Waals surface area contributed by atoms with Gasteiger partial charge in [0.05, 0.1) is 0 Å².